The zero-order valence-corrected chi connectivity index (χ0v) is 10.7. The lowest BCUT2D eigenvalue weighted by Crippen LogP contribution is -2.47. The highest BCUT2D eigenvalue weighted by molar-refractivity contribution is 5.86. The molecule has 0 aliphatic heterocycles. The van der Waals surface area contributed by atoms with Crippen molar-refractivity contribution >= 4 is 18.0 Å². The number of aliphatic carboxylic acids is 2. The van der Waals surface area contributed by atoms with Gasteiger partial charge in [0.05, 0.1) is 12.5 Å². The second-order valence-electron chi connectivity index (χ2n) is 4.11. The summed E-state index contributed by atoms with van der Waals surface area (Å²) in [6.45, 7) is 1.71. The fourth-order valence-corrected chi connectivity index (χ4v) is 1.51. The smallest absolute Gasteiger partial charge is 0.326 e. The van der Waals surface area contributed by atoms with Gasteiger partial charge in [-0.2, -0.15) is 0 Å². The number of pyridine rings is 1. The van der Waals surface area contributed by atoms with Gasteiger partial charge in [-0.3, -0.25) is 9.78 Å². The summed E-state index contributed by atoms with van der Waals surface area (Å²) in [6, 6.07) is 0.825. The first-order valence-electron chi connectivity index (χ1n) is 5.81. The van der Waals surface area contributed by atoms with E-state index in [1.807, 2.05) is 0 Å². The molecule has 0 aliphatic rings. The Morgan fingerprint density at radius 1 is 1.20 bits per heavy atom. The van der Waals surface area contributed by atoms with Crippen LogP contribution in [0.3, 0.4) is 0 Å². The highest BCUT2D eigenvalue weighted by Crippen LogP contribution is 2.09. The molecule has 2 atom stereocenters. The molecule has 1 aromatic rings. The molecule has 0 aromatic carbocycles. The molecule has 1 rings (SSSR count). The molecule has 1 aromatic heterocycles. The van der Waals surface area contributed by atoms with Crippen LogP contribution in [0.25, 0.3) is 0 Å². The minimum absolute atomic E-state index is 0.364. The van der Waals surface area contributed by atoms with Crippen molar-refractivity contribution in [1.82, 2.24) is 15.6 Å². The average Bonchev–Trinajstić information content (AvgIpc) is 2.38. The number of nitrogens with zero attached hydrogens (tertiary/aromatic N) is 1. The molecule has 0 radical (unpaired) electrons. The molecule has 2 amide bonds. The van der Waals surface area contributed by atoms with Gasteiger partial charge in [0.25, 0.3) is 0 Å². The molecule has 108 valence electrons. The van der Waals surface area contributed by atoms with Crippen molar-refractivity contribution in [3.8, 4) is 0 Å². The maximum absolute atomic E-state index is 11.6. The molecule has 8 heteroatoms. The molecular weight excluding hydrogens is 266 g/mol. The van der Waals surface area contributed by atoms with Crippen molar-refractivity contribution in [2.45, 2.75) is 25.4 Å². The average molecular weight is 281 g/mol. The van der Waals surface area contributed by atoms with Gasteiger partial charge in [0, 0.05) is 12.4 Å². The van der Waals surface area contributed by atoms with Crippen LogP contribution in [0.5, 0.6) is 0 Å². The number of urea groups is 1. The number of hydrogen-bond acceptors (Lipinski definition) is 4. The quantitative estimate of drug-likeness (QED) is 0.596. The van der Waals surface area contributed by atoms with Crippen LogP contribution in [0, 0.1) is 0 Å². The number of amides is 2. The summed E-state index contributed by atoms with van der Waals surface area (Å²) in [5.41, 5.74) is 0.792. The predicted molar refractivity (Wildman–Crippen MR) is 68.0 cm³/mol. The van der Waals surface area contributed by atoms with E-state index in [4.69, 9.17) is 10.2 Å². The molecule has 0 fully saturated rings. The maximum Gasteiger partial charge on any atom is 0.326 e. The highest BCUT2D eigenvalue weighted by atomic mass is 16.4. The van der Waals surface area contributed by atoms with Gasteiger partial charge >= 0.3 is 18.0 Å². The maximum atomic E-state index is 11.6. The van der Waals surface area contributed by atoms with E-state index in [0.717, 1.165) is 5.56 Å². The van der Waals surface area contributed by atoms with E-state index in [2.05, 4.69) is 15.6 Å². The molecule has 0 spiro atoms. The van der Waals surface area contributed by atoms with Crippen LogP contribution in [-0.2, 0) is 9.59 Å². The molecule has 0 saturated heterocycles. The van der Waals surface area contributed by atoms with Crippen LogP contribution in [0.2, 0.25) is 0 Å². The van der Waals surface area contributed by atoms with Gasteiger partial charge in [0.2, 0.25) is 0 Å². The number of carboxylic acids is 2. The number of carbonyl (C=O) groups is 3. The lowest BCUT2D eigenvalue weighted by molar-refractivity contribution is -0.145. The van der Waals surface area contributed by atoms with Crippen LogP contribution < -0.4 is 10.6 Å². The molecule has 0 saturated carbocycles. The first kappa shape index (κ1) is 15.4. The summed E-state index contributed by atoms with van der Waals surface area (Å²) in [5, 5.41) is 22.0. The van der Waals surface area contributed by atoms with Gasteiger partial charge in [0.15, 0.2) is 0 Å². The lowest BCUT2D eigenvalue weighted by atomic mass is 10.1. The predicted octanol–water partition coefficient (Wildman–Crippen LogP) is 0.370. The Balaban J connectivity index is 2.57. The zero-order chi connectivity index (χ0) is 15.1. The largest absolute Gasteiger partial charge is 0.481 e. The Bertz CT molecular complexity index is 491. The third kappa shape index (κ3) is 4.92. The number of aromatic nitrogens is 1. The first-order valence-corrected chi connectivity index (χ1v) is 5.81. The van der Waals surface area contributed by atoms with Crippen molar-refractivity contribution in [2.75, 3.05) is 0 Å². The summed E-state index contributed by atoms with van der Waals surface area (Å²) >= 11 is 0. The van der Waals surface area contributed by atoms with Crippen molar-refractivity contribution in [2.24, 2.45) is 0 Å². The third-order valence-corrected chi connectivity index (χ3v) is 2.54. The lowest BCUT2D eigenvalue weighted by Gasteiger charge is -2.17. The second kappa shape index (κ2) is 7.07. The number of rotatable bonds is 6. The fraction of sp³-hybridized carbons (Fsp3) is 0.333. The standard InChI is InChI=1S/C12H15N3O5/c1-7(8-2-4-13-5-3-8)14-12(20)15-9(11(18)19)6-10(16)17/h2-5,7,9H,6H2,1H3,(H,16,17)(H,18,19)(H2,14,15,20)/t7?,9-/m1/s1. The molecule has 4 N–H and O–H groups in total. The van der Waals surface area contributed by atoms with Crippen molar-refractivity contribution in [3.05, 3.63) is 30.1 Å². The van der Waals surface area contributed by atoms with Gasteiger partial charge in [0.1, 0.15) is 6.04 Å². The van der Waals surface area contributed by atoms with E-state index >= 15 is 0 Å². The Morgan fingerprint density at radius 3 is 2.30 bits per heavy atom. The van der Waals surface area contributed by atoms with Gasteiger partial charge in [-0.05, 0) is 24.6 Å². The van der Waals surface area contributed by atoms with Crippen LogP contribution in [0.1, 0.15) is 24.9 Å². The molecule has 0 aliphatic carbocycles. The monoisotopic (exact) mass is 281 g/mol. The van der Waals surface area contributed by atoms with Gasteiger partial charge in [-0.15, -0.1) is 0 Å². The SMILES string of the molecule is CC(NC(=O)N[C@H](CC(=O)O)C(=O)O)c1ccncc1. The highest BCUT2D eigenvalue weighted by Gasteiger charge is 2.23. The molecule has 1 heterocycles. The number of carboxylic acid groups (broad SMARTS) is 2. The van der Waals surface area contributed by atoms with E-state index in [1.165, 1.54) is 0 Å². The van der Waals surface area contributed by atoms with E-state index < -0.39 is 30.4 Å². The van der Waals surface area contributed by atoms with Gasteiger partial charge in [-0.1, -0.05) is 0 Å². The minimum atomic E-state index is -1.47. The molecular formula is C12H15N3O5. The van der Waals surface area contributed by atoms with E-state index in [0.29, 0.717) is 0 Å². The Kier molecular flexibility index (Phi) is 5.45. The van der Waals surface area contributed by atoms with E-state index in [-0.39, 0.29) is 6.04 Å². The Hall–Kier alpha value is -2.64. The second-order valence-corrected chi connectivity index (χ2v) is 4.11. The Morgan fingerprint density at radius 2 is 1.80 bits per heavy atom. The van der Waals surface area contributed by atoms with Crippen molar-refractivity contribution in [1.29, 1.82) is 0 Å². The summed E-state index contributed by atoms with van der Waals surface area (Å²) in [6.07, 6.45) is 2.44. The van der Waals surface area contributed by atoms with E-state index in [9.17, 15) is 14.4 Å². The fourth-order valence-electron chi connectivity index (χ4n) is 1.51. The first-order chi connectivity index (χ1) is 9.40. The summed E-state index contributed by atoms with van der Waals surface area (Å²) in [5.74, 6) is -2.71. The van der Waals surface area contributed by atoms with E-state index in [1.54, 1.807) is 31.5 Å². The summed E-state index contributed by atoms with van der Waals surface area (Å²) in [4.78, 5) is 36.8. The van der Waals surface area contributed by atoms with Gasteiger partial charge < -0.3 is 20.8 Å². The van der Waals surface area contributed by atoms with Gasteiger partial charge in [-0.25, -0.2) is 9.59 Å². The normalized spacial score (nSPS) is 13.1. The van der Waals surface area contributed by atoms with Crippen LogP contribution >= 0.6 is 0 Å². The number of carbonyl (C=O) groups excluding carboxylic acids is 1. The van der Waals surface area contributed by atoms with Crippen molar-refractivity contribution < 1.29 is 24.6 Å². The zero-order valence-electron chi connectivity index (χ0n) is 10.7. The summed E-state index contributed by atoms with van der Waals surface area (Å²) < 4.78 is 0. The molecule has 0 bridgehead atoms. The Labute approximate surface area is 114 Å². The van der Waals surface area contributed by atoms with Crippen LogP contribution in [0.15, 0.2) is 24.5 Å². The summed E-state index contributed by atoms with van der Waals surface area (Å²) in [7, 11) is 0. The topological polar surface area (TPSA) is 129 Å². The van der Waals surface area contributed by atoms with Crippen LogP contribution in [0.4, 0.5) is 4.79 Å². The number of nitrogens with one attached hydrogen (secondary N) is 2. The van der Waals surface area contributed by atoms with Crippen molar-refractivity contribution in [3.63, 3.8) is 0 Å². The molecule has 20 heavy (non-hydrogen) atoms. The minimum Gasteiger partial charge on any atom is -0.481 e. The molecule has 1 unspecified atom stereocenters. The van der Waals surface area contributed by atoms with Crippen LogP contribution in [-0.4, -0.2) is 39.2 Å². The molecule has 8 nitrogen and oxygen atoms in total. The third-order valence-electron chi connectivity index (χ3n) is 2.54. The number of hydrogen-bond donors (Lipinski definition) is 4.